The van der Waals surface area contributed by atoms with Crippen molar-refractivity contribution in [3.8, 4) is 0 Å². The van der Waals surface area contributed by atoms with Gasteiger partial charge in [-0.05, 0) is 17.9 Å². The van der Waals surface area contributed by atoms with Gasteiger partial charge in [-0.2, -0.15) is 0 Å². The molecule has 2 atom stereocenters. The van der Waals surface area contributed by atoms with E-state index >= 15 is 0 Å². The summed E-state index contributed by atoms with van der Waals surface area (Å²) < 4.78 is 13.0. The summed E-state index contributed by atoms with van der Waals surface area (Å²) in [5.41, 5.74) is 0.781. The molecule has 0 amide bonds. The molecule has 2 nitrogen and oxygen atoms in total. The van der Waals surface area contributed by atoms with Gasteiger partial charge in [-0.3, -0.25) is 0 Å². The second-order valence-electron chi connectivity index (χ2n) is 4.63. The Bertz CT molecular complexity index is 373. The molecule has 1 aliphatic heterocycles. The highest BCUT2D eigenvalue weighted by Gasteiger charge is 2.28. The van der Waals surface area contributed by atoms with E-state index in [1.807, 2.05) is 0 Å². The number of nitrogens with zero attached hydrogens (tertiary/aromatic N) is 2. The fourth-order valence-corrected chi connectivity index (χ4v) is 2.36. The summed E-state index contributed by atoms with van der Waals surface area (Å²) in [6.07, 6.45) is 1.26. The highest BCUT2D eigenvalue weighted by atomic mass is 35.5. The second kappa shape index (κ2) is 4.58. The quantitative estimate of drug-likeness (QED) is 0.741. The molecule has 0 saturated carbocycles. The molecule has 1 aromatic rings. The number of aromatic nitrogens is 1. The van der Waals surface area contributed by atoms with Crippen molar-refractivity contribution >= 4 is 17.4 Å². The van der Waals surface area contributed by atoms with Crippen molar-refractivity contribution in [2.75, 3.05) is 18.0 Å². The lowest BCUT2D eigenvalue weighted by atomic mass is 10.0. The van der Waals surface area contributed by atoms with Crippen LogP contribution in [0.1, 0.15) is 19.4 Å². The molecule has 0 aromatic carbocycles. The summed E-state index contributed by atoms with van der Waals surface area (Å²) in [7, 11) is 0. The maximum atomic E-state index is 13.0. The third kappa shape index (κ3) is 2.14. The Kier molecular flexibility index (Phi) is 3.33. The predicted molar refractivity (Wildman–Crippen MR) is 64.3 cm³/mol. The molecular formula is C12H16ClFN2. The van der Waals surface area contributed by atoms with Gasteiger partial charge in [-0.15, -0.1) is 11.6 Å². The van der Waals surface area contributed by atoms with E-state index in [1.165, 1.54) is 12.3 Å². The van der Waals surface area contributed by atoms with Gasteiger partial charge in [-0.25, -0.2) is 9.37 Å². The normalized spacial score (nSPS) is 25.1. The summed E-state index contributed by atoms with van der Waals surface area (Å²) in [5.74, 6) is 2.12. The minimum absolute atomic E-state index is 0.305. The monoisotopic (exact) mass is 242 g/mol. The molecule has 1 saturated heterocycles. The Labute approximate surface area is 100 Å². The molecule has 2 rings (SSSR count). The van der Waals surface area contributed by atoms with Crippen molar-refractivity contribution in [1.29, 1.82) is 0 Å². The first-order valence-electron chi connectivity index (χ1n) is 5.57. The van der Waals surface area contributed by atoms with Crippen LogP contribution in [0.4, 0.5) is 10.2 Å². The molecule has 1 fully saturated rings. The molecule has 0 spiro atoms. The summed E-state index contributed by atoms with van der Waals surface area (Å²) in [6, 6.07) is 1.48. The molecule has 0 aliphatic carbocycles. The third-order valence-electron chi connectivity index (χ3n) is 3.34. The number of hydrogen-bond acceptors (Lipinski definition) is 2. The molecule has 1 aliphatic rings. The van der Waals surface area contributed by atoms with Crippen LogP contribution in [0.25, 0.3) is 0 Å². The van der Waals surface area contributed by atoms with E-state index in [0.717, 1.165) is 24.5 Å². The maximum Gasteiger partial charge on any atom is 0.141 e. The zero-order chi connectivity index (χ0) is 11.7. The van der Waals surface area contributed by atoms with Gasteiger partial charge in [-0.1, -0.05) is 13.8 Å². The van der Waals surface area contributed by atoms with Crippen molar-refractivity contribution in [3.63, 3.8) is 0 Å². The number of alkyl halides is 1. The molecule has 1 aromatic heterocycles. The number of hydrogen-bond donors (Lipinski definition) is 0. The van der Waals surface area contributed by atoms with Crippen molar-refractivity contribution in [2.24, 2.45) is 11.8 Å². The van der Waals surface area contributed by atoms with Gasteiger partial charge in [0.25, 0.3) is 0 Å². The van der Waals surface area contributed by atoms with Gasteiger partial charge in [0.1, 0.15) is 11.6 Å². The van der Waals surface area contributed by atoms with Crippen LogP contribution < -0.4 is 4.90 Å². The van der Waals surface area contributed by atoms with E-state index in [-0.39, 0.29) is 5.82 Å². The van der Waals surface area contributed by atoms with Crippen LogP contribution >= 0.6 is 11.6 Å². The van der Waals surface area contributed by atoms with Crippen LogP contribution in [0.2, 0.25) is 0 Å². The van der Waals surface area contributed by atoms with Crippen molar-refractivity contribution in [3.05, 3.63) is 23.6 Å². The average Bonchev–Trinajstić information content (AvgIpc) is 2.59. The molecule has 2 unspecified atom stereocenters. The van der Waals surface area contributed by atoms with Crippen LogP contribution in [0.3, 0.4) is 0 Å². The van der Waals surface area contributed by atoms with Crippen LogP contribution in [-0.2, 0) is 5.88 Å². The number of pyridine rings is 1. The molecule has 0 radical (unpaired) electrons. The first-order valence-corrected chi connectivity index (χ1v) is 6.10. The average molecular weight is 243 g/mol. The highest BCUT2D eigenvalue weighted by molar-refractivity contribution is 6.17. The van der Waals surface area contributed by atoms with Gasteiger partial charge < -0.3 is 4.90 Å². The third-order valence-corrected chi connectivity index (χ3v) is 3.63. The minimum Gasteiger partial charge on any atom is -0.356 e. The minimum atomic E-state index is -0.320. The Morgan fingerprint density at radius 3 is 2.62 bits per heavy atom. The summed E-state index contributed by atoms with van der Waals surface area (Å²) in [6.45, 7) is 6.41. The lowest BCUT2D eigenvalue weighted by molar-refractivity contribution is 0.494. The number of halogens is 2. The van der Waals surface area contributed by atoms with E-state index in [0.29, 0.717) is 17.7 Å². The Hall–Kier alpha value is -0.830. The van der Waals surface area contributed by atoms with Gasteiger partial charge in [0.05, 0.1) is 12.1 Å². The van der Waals surface area contributed by atoms with Crippen LogP contribution in [0.15, 0.2) is 12.3 Å². The van der Waals surface area contributed by atoms with Crippen molar-refractivity contribution in [2.45, 2.75) is 19.7 Å². The largest absolute Gasteiger partial charge is 0.356 e. The Morgan fingerprint density at radius 2 is 2.06 bits per heavy atom. The first-order chi connectivity index (χ1) is 7.61. The molecule has 4 heteroatoms. The van der Waals surface area contributed by atoms with Crippen LogP contribution in [0, 0.1) is 17.7 Å². The second-order valence-corrected chi connectivity index (χ2v) is 4.90. The van der Waals surface area contributed by atoms with E-state index < -0.39 is 0 Å². The van der Waals surface area contributed by atoms with Gasteiger partial charge in [0.2, 0.25) is 0 Å². The fourth-order valence-electron chi connectivity index (χ4n) is 2.16. The van der Waals surface area contributed by atoms with Gasteiger partial charge >= 0.3 is 0 Å². The van der Waals surface area contributed by atoms with E-state index in [4.69, 9.17) is 11.6 Å². The standard InChI is InChI=1S/C12H16ClFN2/c1-8-6-16(7-9(8)2)12-10(4-13)3-11(14)5-15-12/h3,5,8-9H,4,6-7H2,1-2H3. The van der Waals surface area contributed by atoms with E-state index in [9.17, 15) is 4.39 Å². The van der Waals surface area contributed by atoms with Crippen LogP contribution in [-0.4, -0.2) is 18.1 Å². The molecular weight excluding hydrogens is 227 g/mol. The maximum absolute atomic E-state index is 13.0. The predicted octanol–water partition coefficient (Wildman–Crippen LogP) is 3.05. The zero-order valence-corrected chi connectivity index (χ0v) is 10.3. The Morgan fingerprint density at radius 1 is 1.44 bits per heavy atom. The fraction of sp³-hybridized carbons (Fsp3) is 0.583. The molecule has 0 N–H and O–H groups in total. The van der Waals surface area contributed by atoms with Gasteiger partial charge in [0, 0.05) is 18.7 Å². The SMILES string of the molecule is CC1CN(c2ncc(F)cc2CCl)CC1C. The smallest absolute Gasteiger partial charge is 0.141 e. The molecule has 88 valence electrons. The summed E-state index contributed by atoms with van der Waals surface area (Å²) in [4.78, 5) is 6.37. The highest BCUT2D eigenvalue weighted by Crippen LogP contribution is 2.29. The first kappa shape index (κ1) is 11.6. The lowest BCUT2D eigenvalue weighted by Crippen LogP contribution is -2.22. The molecule has 0 bridgehead atoms. The van der Waals surface area contributed by atoms with Crippen LogP contribution in [0.5, 0.6) is 0 Å². The lowest BCUT2D eigenvalue weighted by Gasteiger charge is -2.19. The number of rotatable bonds is 2. The molecule has 2 heterocycles. The summed E-state index contributed by atoms with van der Waals surface area (Å²) >= 11 is 5.82. The Balaban J connectivity index is 2.27. The number of anilines is 1. The summed E-state index contributed by atoms with van der Waals surface area (Å²) in [5, 5.41) is 0. The zero-order valence-electron chi connectivity index (χ0n) is 9.58. The topological polar surface area (TPSA) is 16.1 Å². The van der Waals surface area contributed by atoms with E-state index in [2.05, 4.69) is 23.7 Å². The van der Waals surface area contributed by atoms with Crippen molar-refractivity contribution < 1.29 is 4.39 Å². The van der Waals surface area contributed by atoms with E-state index in [1.54, 1.807) is 0 Å². The van der Waals surface area contributed by atoms with Gasteiger partial charge in [0.15, 0.2) is 0 Å². The van der Waals surface area contributed by atoms with Crippen molar-refractivity contribution in [1.82, 2.24) is 4.98 Å². The molecule has 16 heavy (non-hydrogen) atoms.